The van der Waals surface area contributed by atoms with Crippen LogP contribution in [0.2, 0.25) is 0 Å². The van der Waals surface area contributed by atoms with Crippen molar-refractivity contribution in [1.29, 1.82) is 0 Å². The van der Waals surface area contributed by atoms with Gasteiger partial charge in [0.15, 0.2) is 6.79 Å². The third-order valence-corrected chi connectivity index (χ3v) is 0.918. The van der Waals surface area contributed by atoms with Crippen LogP contribution in [-0.4, -0.2) is 32.8 Å². The van der Waals surface area contributed by atoms with E-state index in [2.05, 4.69) is 8.92 Å². The summed E-state index contributed by atoms with van der Waals surface area (Å²) in [5.41, 5.74) is 0. The van der Waals surface area contributed by atoms with E-state index in [1.54, 1.807) is 0 Å². The molecule has 5 nitrogen and oxygen atoms in total. The molecule has 0 fully saturated rings. The van der Waals surface area contributed by atoms with Gasteiger partial charge in [-0.15, -0.1) is 0 Å². The zero-order chi connectivity index (χ0) is 8.91. The Morgan fingerprint density at radius 3 is 2.33 bits per heavy atom. The molecule has 0 unspecified atom stereocenters. The van der Waals surface area contributed by atoms with Crippen molar-refractivity contribution in [2.45, 2.75) is 6.43 Å². The van der Waals surface area contributed by atoms with Gasteiger partial charge in [-0.2, -0.15) is 8.42 Å². The molecular weight excluding hydrogens is 193 g/mol. The molecule has 0 radical (unpaired) electrons. The van der Waals surface area contributed by atoms with Gasteiger partial charge in [-0.1, -0.05) is 0 Å². The summed E-state index contributed by atoms with van der Waals surface area (Å²) in [6.07, 6.45) is -2.69. The molecule has 0 bridgehead atoms. The number of hydrogen-bond donors (Lipinski definition) is 1. The van der Waals surface area contributed by atoms with Gasteiger partial charge in [-0.05, 0) is 0 Å². The van der Waals surface area contributed by atoms with E-state index in [-0.39, 0.29) is 20.3 Å². The molecule has 0 rings (SSSR count). The van der Waals surface area contributed by atoms with Gasteiger partial charge in [0.1, 0.15) is 6.61 Å². The average Bonchev–Trinajstić information content (AvgIpc) is 1.78. The Hall–Kier alpha value is 0.287. The Morgan fingerprint density at radius 2 is 2.00 bits per heavy atom. The quantitative estimate of drug-likeness (QED) is 0.224. The van der Waals surface area contributed by atoms with Crippen molar-refractivity contribution >= 4 is 10.4 Å². The number of alkyl halides is 2. The molecule has 0 spiro atoms. The smallest absolute Gasteiger partial charge is 1.00 e. The number of rotatable bonds is 5. The van der Waals surface area contributed by atoms with Crippen LogP contribution in [0.1, 0.15) is 1.43 Å². The zero-order valence-corrected chi connectivity index (χ0v) is 7.05. The van der Waals surface area contributed by atoms with E-state index in [1.165, 1.54) is 0 Å². The molecule has 0 aromatic heterocycles. The van der Waals surface area contributed by atoms with Crippen molar-refractivity contribution in [3.05, 3.63) is 0 Å². The minimum Gasteiger partial charge on any atom is -1.00 e. The first kappa shape index (κ1) is 14.8. The molecule has 0 aromatic rings. The molecule has 0 aliphatic carbocycles. The molecule has 0 aromatic carbocycles. The molecule has 12 heavy (non-hydrogen) atoms. The second kappa shape index (κ2) is 6.77. The monoisotopic (exact) mass is 200 g/mol. The summed E-state index contributed by atoms with van der Waals surface area (Å²) >= 11 is 0. The Morgan fingerprint density at radius 1 is 1.50 bits per heavy atom. The van der Waals surface area contributed by atoms with E-state index in [9.17, 15) is 17.2 Å². The number of halogens is 2. The summed E-state index contributed by atoms with van der Waals surface area (Å²) in [7, 11) is -4.59. The van der Waals surface area contributed by atoms with Gasteiger partial charge in [-0.25, -0.2) is 13.0 Å². The van der Waals surface area contributed by atoms with Crippen LogP contribution in [0, 0.1) is 0 Å². The van der Waals surface area contributed by atoms with Crippen molar-refractivity contribution in [3.8, 4) is 0 Å². The van der Waals surface area contributed by atoms with Crippen LogP contribution in [0.15, 0.2) is 0 Å². The maximum Gasteiger partial charge on any atom is 1.00 e. The van der Waals surface area contributed by atoms with Crippen LogP contribution in [0.5, 0.6) is 0 Å². The molecule has 0 atom stereocenters. The largest absolute Gasteiger partial charge is 1.00 e. The normalized spacial score (nSPS) is 11.3. The van der Waals surface area contributed by atoms with Crippen LogP contribution >= 0.6 is 0 Å². The predicted molar refractivity (Wildman–Crippen MR) is 30.6 cm³/mol. The molecule has 0 aliphatic heterocycles. The molecular formula is C3H7F2LiO5S. The topological polar surface area (TPSA) is 72.8 Å². The molecule has 0 heterocycles. The van der Waals surface area contributed by atoms with E-state index in [1.807, 2.05) is 0 Å². The van der Waals surface area contributed by atoms with Gasteiger partial charge in [0, 0.05) is 0 Å². The summed E-state index contributed by atoms with van der Waals surface area (Å²) < 4.78 is 57.4. The van der Waals surface area contributed by atoms with E-state index in [0.29, 0.717) is 0 Å². The Bertz CT molecular complexity index is 198. The number of ether oxygens (including phenoxy) is 1. The molecule has 1 N–H and O–H groups in total. The van der Waals surface area contributed by atoms with Gasteiger partial charge in [-0.3, -0.25) is 4.55 Å². The van der Waals surface area contributed by atoms with Crippen LogP contribution in [0.25, 0.3) is 0 Å². The first-order valence-corrected chi connectivity index (χ1v) is 3.76. The van der Waals surface area contributed by atoms with Crippen LogP contribution in [0.3, 0.4) is 0 Å². The second-order valence-electron chi connectivity index (χ2n) is 1.43. The minimum atomic E-state index is -4.59. The Labute approximate surface area is 81.6 Å². The van der Waals surface area contributed by atoms with Crippen molar-refractivity contribution in [3.63, 3.8) is 0 Å². The first-order chi connectivity index (χ1) is 4.92. The summed E-state index contributed by atoms with van der Waals surface area (Å²) in [6, 6.07) is 0. The third-order valence-electron chi connectivity index (χ3n) is 0.524. The van der Waals surface area contributed by atoms with E-state index in [4.69, 9.17) is 4.55 Å². The Balaban J connectivity index is -0.000000500. The summed E-state index contributed by atoms with van der Waals surface area (Å²) in [5, 5.41) is 0. The fraction of sp³-hybridized carbons (Fsp3) is 1.00. The predicted octanol–water partition coefficient (Wildman–Crippen LogP) is -2.84. The second-order valence-corrected chi connectivity index (χ2v) is 2.52. The average molecular weight is 200 g/mol. The van der Waals surface area contributed by atoms with Gasteiger partial charge in [0.05, 0.1) is 0 Å². The number of hydrogen-bond acceptors (Lipinski definition) is 4. The van der Waals surface area contributed by atoms with E-state index in [0.717, 1.165) is 0 Å². The van der Waals surface area contributed by atoms with Gasteiger partial charge < -0.3 is 6.16 Å². The van der Waals surface area contributed by atoms with Crippen molar-refractivity contribution < 1.29 is 51.0 Å². The SMILES string of the molecule is O=S(=O)(O)OCOCC(F)F.[H-].[Li+]. The Kier molecular flexibility index (Phi) is 8.34. The first-order valence-electron chi connectivity index (χ1n) is 2.39. The van der Waals surface area contributed by atoms with Crippen molar-refractivity contribution in [2.75, 3.05) is 13.4 Å². The molecule has 70 valence electrons. The summed E-state index contributed by atoms with van der Waals surface area (Å²) in [6.45, 7) is -1.85. The summed E-state index contributed by atoms with van der Waals surface area (Å²) in [5.74, 6) is 0. The van der Waals surface area contributed by atoms with Crippen LogP contribution in [0.4, 0.5) is 8.78 Å². The molecule has 0 aliphatic rings. The fourth-order valence-electron chi connectivity index (χ4n) is 0.232. The molecule has 0 amide bonds. The van der Waals surface area contributed by atoms with E-state index >= 15 is 0 Å². The fourth-order valence-corrected chi connectivity index (χ4v) is 0.422. The molecule has 0 saturated carbocycles. The van der Waals surface area contributed by atoms with Crippen LogP contribution < -0.4 is 18.9 Å². The maximum atomic E-state index is 11.3. The van der Waals surface area contributed by atoms with Gasteiger partial charge in [0.25, 0.3) is 6.43 Å². The van der Waals surface area contributed by atoms with Crippen molar-refractivity contribution in [2.24, 2.45) is 0 Å². The molecule has 0 saturated heterocycles. The third kappa shape index (κ3) is 12.9. The summed E-state index contributed by atoms with van der Waals surface area (Å²) in [4.78, 5) is 0. The zero-order valence-electron chi connectivity index (χ0n) is 7.24. The van der Waals surface area contributed by atoms with Gasteiger partial charge in [0.2, 0.25) is 0 Å². The van der Waals surface area contributed by atoms with Gasteiger partial charge >= 0.3 is 29.3 Å². The van der Waals surface area contributed by atoms with E-state index < -0.39 is 30.2 Å². The van der Waals surface area contributed by atoms with Crippen LogP contribution in [-0.2, 0) is 19.3 Å². The molecule has 9 heteroatoms. The maximum absolute atomic E-state index is 11.3. The minimum absolute atomic E-state index is 0. The van der Waals surface area contributed by atoms with Crippen molar-refractivity contribution in [1.82, 2.24) is 0 Å². The standard InChI is InChI=1S/C3H6F2O5S.Li.H/c4-3(5)1-9-2-10-11(6,7)8;;/h3H,1-2H2,(H,6,7,8);;/q;+1;-1.